The van der Waals surface area contributed by atoms with Crippen LogP contribution in [0.3, 0.4) is 0 Å². The minimum atomic E-state index is -0.287. The number of hydrogen-bond donors (Lipinski definition) is 2. The van der Waals surface area contributed by atoms with Gasteiger partial charge in [-0.25, -0.2) is 4.98 Å². The van der Waals surface area contributed by atoms with E-state index >= 15 is 0 Å². The number of H-pyrrole nitrogens is 1. The summed E-state index contributed by atoms with van der Waals surface area (Å²) in [6.07, 6.45) is 5.75. The summed E-state index contributed by atoms with van der Waals surface area (Å²) in [4.78, 5) is 7.11. The lowest BCUT2D eigenvalue weighted by Crippen LogP contribution is -2.29. The second-order valence-corrected chi connectivity index (χ2v) is 3.76. The highest BCUT2D eigenvalue weighted by Gasteiger charge is 2.22. The zero-order chi connectivity index (χ0) is 9.80. The summed E-state index contributed by atoms with van der Waals surface area (Å²) in [5, 5.41) is 9.93. The molecule has 1 aliphatic heterocycles. The van der Waals surface area contributed by atoms with Gasteiger partial charge in [0.1, 0.15) is 5.82 Å². The van der Waals surface area contributed by atoms with Crippen LogP contribution in [0.5, 0.6) is 0 Å². The number of rotatable bonds is 3. The minimum Gasteiger partial charge on any atom is -0.392 e. The van der Waals surface area contributed by atoms with Gasteiger partial charge in [0, 0.05) is 32.0 Å². The molecule has 78 valence electrons. The van der Waals surface area contributed by atoms with Crippen LogP contribution in [-0.2, 0) is 11.2 Å². The van der Waals surface area contributed by atoms with E-state index in [9.17, 15) is 5.11 Å². The number of ether oxygens (including phenoxy) is 1. The van der Waals surface area contributed by atoms with Crippen LogP contribution in [0.2, 0.25) is 0 Å². The molecular weight excluding hydrogens is 180 g/mol. The van der Waals surface area contributed by atoms with Gasteiger partial charge in [0.2, 0.25) is 0 Å². The van der Waals surface area contributed by atoms with Crippen molar-refractivity contribution >= 4 is 0 Å². The van der Waals surface area contributed by atoms with Crippen LogP contribution in [0.15, 0.2) is 12.4 Å². The monoisotopic (exact) mass is 196 g/mol. The number of nitrogens with zero attached hydrogens (tertiary/aromatic N) is 1. The normalized spacial score (nSPS) is 20.9. The second-order valence-electron chi connectivity index (χ2n) is 3.76. The molecule has 1 aromatic rings. The predicted molar refractivity (Wildman–Crippen MR) is 51.8 cm³/mol. The SMILES string of the molecule is OC(Cc1ncc[nH]1)C1CCOCC1. The molecule has 1 aliphatic rings. The minimum absolute atomic E-state index is 0.287. The molecule has 2 rings (SSSR count). The zero-order valence-corrected chi connectivity index (χ0v) is 8.15. The third kappa shape index (κ3) is 2.33. The fourth-order valence-electron chi connectivity index (χ4n) is 1.87. The Morgan fingerprint density at radius 3 is 3.00 bits per heavy atom. The molecule has 4 nitrogen and oxygen atoms in total. The third-order valence-corrected chi connectivity index (χ3v) is 2.77. The van der Waals surface area contributed by atoms with Gasteiger partial charge in [0.25, 0.3) is 0 Å². The van der Waals surface area contributed by atoms with Crippen LogP contribution in [0.1, 0.15) is 18.7 Å². The summed E-state index contributed by atoms with van der Waals surface area (Å²) in [5.41, 5.74) is 0. The Labute approximate surface area is 83.3 Å². The molecule has 0 radical (unpaired) electrons. The van der Waals surface area contributed by atoms with Gasteiger partial charge in [-0.1, -0.05) is 0 Å². The maximum Gasteiger partial charge on any atom is 0.108 e. The highest BCUT2D eigenvalue weighted by Crippen LogP contribution is 2.20. The van der Waals surface area contributed by atoms with Crippen LogP contribution in [0, 0.1) is 5.92 Å². The summed E-state index contributed by atoms with van der Waals surface area (Å²) >= 11 is 0. The number of hydrogen-bond acceptors (Lipinski definition) is 3. The molecule has 4 heteroatoms. The van der Waals surface area contributed by atoms with Gasteiger partial charge in [-0.2, -0.15) is 0 Å². The lowest BCUT2D eigenvalue weighted by molar-refractivity contribution is 0.00776. The van der Waals surface area contributed by atoms with Crippen LogP contribution in [0.4, 0.5) is 0 Å². The molecule has 0 aromatic carbocycles. The quantitative estimate of drug-likeness (QED) is 0.749. The first-order chi connectivity index (χ1) is 6.86. The van der Waals surface area contributed by atoms with Crippen molar-refractivity contribution in [1.82, 2.24) is 9.97 Å². The van der Waals surface area contributed by atoms with Gasteiger partial charge in [-0.05, 0) is 18.8 Å². The maximum absolute atomic E-state index is 9.93. The molecule has 14 heavy (non-hydrogen) atoms. The van der Waals surface area contributed by atoms with E-state index in [1.54, 1.807) is 12.4 Å². The molecule has 1 saturated heterocycles. The van der Waals surface area contributed by atoms with Crippen molar-refractivity contribution in [3.8, 4) is 0 Å². The molecule has 2 N–H and O–H groups in total. The number of aliphatic hydroxyl groups excluding tert-OH is 1. The molecule has 0 amide bonds. The van der Waals surface area contributed by atoms with E-state index in [0.717, 1.165) is 31.9 Å². The number of aromatic nitrogens is 2. The Balaban J connectivity index is 1.85. The third-order valence-electron chi connectivity index (χ3n) is 2.77. The smallest absolute Gasteiger partial charge is 0.108 e. The summed E-state index contributed by atoms with van der Waals surface area (Å²) < 4.78 is 5.25. The van der Waals surface area contributed by atoms with Gasteiger partial charge in [0.15, 0.2) is 0 Å². The van der Waals surface area contributed by atoms with E-state index in [0.29, 0.717) is 12.3 Å². The zero-order valence-electron chi connectivity index (χ0n) is 8.15. The lowest BCUT2D eigenvalue weighted by Gasteiger charge is -2.26. The maximum atomic E-state index is 9.93. The molecule has 0 aliphatic carbocycles. The average molecular weight is 196 g/mol. The van der Waals surface area contributed by atoms with Crippen LogP contribution >= 0.6 is 0 Å². The largest absolute Gasteiger partial charge is 0.392 e. The average Bonchev–Trinajstić information content (AvgIpc) is 2.72. The highest BCUT2D eigenvalue weighted by atomic mass is 16.5. The van der Waals surface area contributed by atoms with E-state index in [4.69, 9.17) is 4.74 Å². The first-order valence-electron chi connectivity index (χ1n) is 5.10. The molecule has 2 heterocycles. The molecule has 1 atom stereocenters. The van der Waals surface area contributed by atoms with Gasteiger partial charge >= 0.3 is 0 Å². The van der Waals surface area contributed by atoms with Gasteiger partial charge < -0.3 is 14.8 Å². The number of nitrogens with one attached hydrogen (secondary N) is 1. The van der Waals surface area contributed by atoms with Crippen molar-refractivity contribution < 1.29 is 9.84 Å². The van der Waals surface area contributed by atoms with Crippen LogP contribution < -0.4 is 0 Å². The summed E-state index contributed by atoms with van der Waals surface area (Å²) in [6.45, 7) is 1.56. The van der Waals surface area contributed by atoms with E-state index in [1.165, 1.54) is 0 Å². The van der Waals surface area contributed by atoms with Crippen molar-refractivity contribution in [2.24, 2.45) is 5.92 Å². The number of aliphatic hydroxyl groups is 1. The van der Waals surface area contributed by atoms with E-state index in [-0.39, 0.29) is 6.10 Å². The van der Waals surface area contributed by atoms with E-state index in [2.05, 4.69) is 9.97 Å². The first-order valence-corrected chi connectivity index (χ1v) is 5.10. The second kappa shape index (κ2) is 4.57. The molecule has 1 aromatic heterocycles. The molecule has 1 fully saturated rings. The van der Waals surface area contributed by atoms with Crippen molar-refractivity contribution in [2.45, 2.75) is 25.4 Å². The van der Waals surface area contributed by atoms with Crippen molar-refractivity contribution in [3.63, 3.8) is 0 Å². The van der Waals surface area contributed by atoms with Gasteiger partial charge in [0.05, 0.1) is 6.10 Å². The fourth-order valence-corrected chi connectivity index (χ4v) is 1.87. The Kier molecular flexibility index (Phi) is 3.16. The summed E-state index contributed by atoms with van der Waals surface area (Å²) in [6, 6.07) is 0. The number of aromatic amines is 1. The molecular formula is C10H16N2O2. The van der Waals surface area contributed by atoms with Crippen LogP contribution in [0.25, 0.3) is 0 Å². The van der Waals surface area contributed by atoms with E-state index in [1.807, 2.05) is 0 Å². The first kappa shape index (κ1) is 9.68. The van der Waals surface area contributed by atoms with Gasteiger partial charge in [-0.3, -0.25) is 0 Å². The fraction of sp³-hybridized carbons (Fsp3) is 0.700. The molecule has 0 spiro atoms. The van der Waals surface area contributed by atoms with Crippen LogP contribution in [-0.4, -0.2) is 34.4 Å². The molecule has 1 unspecified atom stereocenters. The van der Waals surface area contributed by atoms with Crippen molar-refractivity contribution in [2.75, 3.05) is 13.2 Å². The Bertz CT molecular complexity index is 255. The summed E-state index contributed by atoms with van der Waals surface area (Å²) in [7, 11) is 0. The number of imidazole rings is 1. The predicted octanol–water partition coefficient (Wildman–Crippen LogP) is 0.740. The Morgan fingerprint density at radius 1 is 1.57 bits per heavy atom. The highest BCUT2D eigenvalue weighted by molar-refractivity contribution is 4.90. The van der Waals surface area contributed by atoms with E-state index < -0.39 is 0 Å². The standard InChI is InChI=1S/C10H16N2O2/c13-9(7-10-11-3-4-12-10)8-1-5-14-6-2-8/h3-4,8-9,13H,1-2,5-7H2,(H,11,12). The lowest BCUT2D eigenvalue weighted by atomic mass is 9.92. The Morgan fingerprint density at radius 2 is 2.36 bits per heavy atom. The van der Waals surface area contributed by atoms with Crippen molar-refractivity contribution in [3.05, 3.63) is 18.2 Å². The van der Waals surface area contributed by atoms with Gasteiger partial charge in [-0.15, -0.1) is 0 Å². The summed E-state index contributed by atoms with van der Waals surface area (Å²) in [5.74, 6) is 1.23. The Hall–Kier alpha value is -0.870. The molecule has 0 saturated carbocycles. The van der Waals surface area contributed by atoms with Crippen molar-refractivity contribution in [1.29, 1.82) is 0 Å². The topological polar surface area (TPSA) is 58.1 Å². The molecule has 0 bridgehead atoms.